The van der Waals surface area contributed by atoms with E-state index in [0.29, 0.717) is 11.0 Å². The van der Waals surface area contributed by atoms with E-state index in [0.717, 1.165) is 22.6 Å². The van der Waals surface area contributed by atoms with Crippen LogP contribution in [0.5, 0.6) is 5.88 Å². The summed E-state index contributed by atoms with van der Waals surface area (Å²) >= 11 is 14.0. The van der Waals surface area contributed by atoms with E-state index in [1.165, 1.54) is 18.2 Å². The van der Waals surface area contributed by atoms with Crippen molar-refractivity contribution in [1.29, 1.82) is 0 Å². The molecule has 0 spiro atoms. The molecule has 33 heavy (non-hydrogen) atoms. The van der Waals surface area contributed by atoms with E-state index in [2.05, 4.69) is 14.7 Å². The zero-order valence-corrected chi connectivity index (χ0v) is 20.2. The van der Waals surface area contributed by atoms with E-state index in [1.54, 1.807) is 30.0 Å². The predicted molar refractivity (Wildman–Crippen MR) is 132 cm³/mol. The highest BCUT2D eigenvalue weighted by Crippen LogP contribution is 2.40. The van der Waals surface area contributed by atoms with Crippen molar-refractivity contribution in [1.82, 2.24) is 9.97 Å². The van der Waals surface area contributed by atoms with Gasteiger partial charge in [0.2, 0.25) is 5.82 Å². The third-order valence-electron chi connectivity index (χ3n) is 5.13. The van der Waals surface area contributed by atoms with E-state index < -0.39 is 10.0 Å². The number of benzene rings is 3. The molecule has 3 aromatic carbocycles. The van der Waals surface area contributed by atoms with Gasteiger partial charge in [-0.15, -0.1) is 11.8 Å². The fraction of sp³-hybridized carbons (Fsp3) is 0.130. The Labute approximate surface area is 205 Å². The van der Waals surface area contributed by atoms with Crippen molar-refractivity contribution in [3.05, 3.63) is 82.3 Å². The van der Waals surface area contributed by atoms with Gasteiger partial charge in [-0.3, -0.25) is 4.72 Å². The van der Waals surface area contributed by atoms with Gasteiger partial charge in [0, 0.05) is 16.2 Å². The summed E-state index contributed by atoms with van der Waals surface area (Å²) in [6.07, 6.45) is 0.471. The summed E-state index contributed by atoms with van der Waals surface area (Å²) in [4.78, 5) is 10.1. The van der Waals surface area contributed by atoms with E-state index in [1.807, 2.05) is 30.3 Å². The molecule has 0 radical (unpaired) electrons. The molecule has 168 valence electrons. The summed E-state index contributed by atoms with van der Waals surface area (Å²) in [6, 6.07) is 19.6. The fourth-order valence-corrected chi connectivity index (χ4v) is 6.43. The van der Waals surface area contributed by atoms with Gasteiger partial charge in [-0.05, 0) is 36.8 Å². The van der Waals surface area contributed by atoms with Crippen molar-refractivity contribution in [2.45, 2.75) is 22.3 Å². The van der Waals surface area contributed by atoms with Gasteiger partial charge in [0.05, 0.1) is 21.1 Å². The van der Waals surface area contributed by atoms with Crippen molar-refractivity contribution >= 4 is 61.8 Å². The summed E-state index contributed by atoms with van der Waals surface area (Å²) in [5, 5.41) is 0.0676. The first-order valence-corrected chi connectivity index (χ1v) is 13.3. The molecule has 1 aliphatic rings. The van der Waals surface area contributed by atoms with Gasteiger partial charge < -0.3 is 4.74 Å². The number of hydrogen-bond acceptors (Lipinski definition) is 6. The first-order valence-electron chi connectivity index (χ1n) is 10.0. The smallest absolute Gasteiger partial charge is 0.264 e. The Hall–Kier alpha value is -2.52. The second-order valence-electron chi connectivity index (χ2n) is 7.30. The molecule has 0 saturated heterocycles. The van der Waals surface area contributed by atoms with E-state index in [4.69, 9.17) is 27.9 Å². The van der Waals surface area contributed by atoms with Gasteiger partial charge in [0.1, 0.15) is 11.0 Å². The zero-order chi connectivity index (χ0) is 23.0. The molecule has 2 heterocycles. The van der Waals surface area contributed by atoms with Crippen molar-refractivity contribution in [3.8, 4) is 5.88 Å². The third kappa shape index (κ3) is 4.48. The molecule has 0 fully saturated rings. The second-order valence-corrected chi connectivity index (χ2v) is 10.9. The lowest BCUT2D eigenvalue weighted by atomic mass is 10.1. The SMILES string of the molecule is O=S(=O)(Nc1nc2ccccc2nc1OC1CCSc2ccccc21)c1cccc(Cl)c1Cl. The van der Waals surface area contributed by atoms with Crippen LogP contribution in [0.2, 0.25) is 10.0 Å². The van der Waals surface area contributed by atoms with Crippen molar-refractivity contribution in [3.63, 3.8) is 0 Å². The summed E-state index contributed by atoms with van der Waals surface area (Å²) in [5.41, 5.74) is 2.16. The first kappa shape index (κ1) is 22.3. The van der Waals surface area contributed by atoms with Crippen molar-refractivity contribution in [2.24, 2.45) is 0 Å². The molecule has 1 aromatic heterocycles. The maximum Gasteiger partial charge on any atom is 0.264 e. The minimum atomic E-state index is -4.11. The zero-order valence-electron chi connectivity index (χ0n) is 17.0. The van der Waals surface area contributed by atoms with Crippen LogP contribution in [0.15, 0.2) is 76.5 Å². The maximum atomic E-state index is 13.2. The Morgan fingerprint density at radius 3 is 2.48 bits per heavy atom. The molecule has 0 bridgehead atoms. The lowest BCUT2D eigenvalue weighted by molar-refractivity contribution is 0.191. The Morgan fingerprint density at radius 2 is 1.67 bits per heavy atom. The van der Waals surface area contributed by atoms with Gasteiger partial charge in [0.25, 0.3) is 15.9 Å². The molecule has 1 atom stereocenters. The Kier molecular flexibility index (Phi) is 6.09. The van der Waals surface area contributed by atoms with Gasteiger partial charge in [0.15, 0.2) is 0 Å². The average Bonchev–Trinajstić information content (AvgIpc) is 2.81. The number of fused-ring (bicyclic) bond motifs is 2. The second kappa shape index (κ2) is 9.02. The average molecular weight is 518 g/mol. The van der Waals surface area contributed by atoms with Crippen LogP contribution >= 0.6 is 35.0 Å². The van der Waals surface area contributed by atoms with E-state index in [-0.39, 0.29) is 32.7 Å². The number of ether oxygens (including phenoxy) is 1. The van der Waals surface area contributed by atoms with E-state index in [9.17, 15) is 8.42 Å². The number of para-hydroxylation sites is 2. The standard InChI is InChI=1S/C23H17Cl2N3O3S2/c24-15-7-5-11-20(21(15)25)33(29,30)28-22-23(27-17-9-3-2-8-16(17)26-22)31-18-12-13-32-19-10-4-1-6-14(18)19/h1-11,18H,12-13H2,(H,26,28). The molecule has 10 heteroatoms. The summed E-state index contributed by atoms with van der Waals surface area (Å²) < 4.78 is 35.1. The van der Waals surface area contributed by atoms with Gasteiger partial charge >= 0.3 is 0 Å². The molecule has 0 saturated carbocycles. The van der Waals surface area contributed by atoms with E-state index >= 15 is 0 Å². The van der Waals surface area contributed by atoms with Crippen LogP contribution in [-0.2, 0) is 10.0 Å². The Morgan fingerprint density at radius 1 is 0.939 bits per heavy atom. The number of aromatic nitrogens is 2. The number of sulfonamides is 1. The van der Waals surface area contributed by atoms with Crippen LogP contribution in [0.1, 0.15) is 18.1 Å². The highest BCUT2D eigenvalue weighted by molar-refractivity contribution is 7.99. The number of nitrogens with zero attached hydrogens (tertiary/aromatic N) is 2. The number of halogens is 2. The topological polar surface area (TPSA) is 81.2 Å². The van der Waals surface area contributed by atoms with Crippen LogP contribution in [0.3, 0.4) is 0 Å². The minimum absolute atomic E-state index is 0.0135. The maximum absolute atomic E-state index is 13.2. The summed E-state index contributed by atoms with van der Waals surface area (Å²) in [5.74, 6) is 0.963. The summed E-state index contributed by atoms with van der Waals surface area (Å²) in [7, 11) is -4.11. The van der Waals surface area contributed by atoms with Crippen LogP contribution in [-0.4, -0.2) is 24.1 Å². The molecule has 4 aromatic rings. The highest BCUT2D eigenvalue weighted by atomic mass is 35.5. The number of rotatable bonds is 5. The van der Waals surface area contributed by atoms with Gasteiger partial charge in [-0.2, -0.15) is 0 Å². The Bertz CT molecular complexity index is 1460. The lowest BCUT2D eigenvalue weighted by Crippen LogP contribution is -2.19. The number of thioether (sulfide) groups is 1. The van der Waals surface area contributed by atoms with Gasteiger partial charge in [-0.1, -0.05) is 59.6 Å². The highest BCUT2D eigenvalue weighted by Gasteiger charge is 2.27. The van der Waals surface area contributed by atoms with Crippen LogP contribution in [0.25, 0.3) is 11.0 Å². The molecular formula is C23H17Cl2N3O3S2. The third-order valence-corrected chi connectivity index (χ3v) is 8.57. The van der Waals surface area contributed by atoms with Crippen LogP contribution < -0.4 is 9.46 Å². The molecule has 0 aliphatic carbocycles. The molecule has 1 aliphatic heterocycles. The van der Waals surface area contributed by atoms with Crippen molar-refractivity contribution < 1.29 is 13.2 Å². The van der Waals surface area contributed by atoms with Crippen molar-refractivity contribution in [2.75, 3.05) is 10.5 Å². The largest absolute Gasteiger partial charge is 0.467 e. The fourth-order valence-electron chi connectivity index (χ4n) is 3.57. The molecule has 6 nitrogen and oxygen atoms in total. The quantitative estimate of drug-likeness (QED) is 0.332. The first-order chi connectivity index (χ1) is 15.9. The summed E-state index contributed by atoms with van der Waals surface area (Å²) in [6.45, 7) is 0. The number of nitrogens with one attached hydrogen (secondary N) is 1. The van der Waals surface area contributed by atoms with Crippen LogP contribution in [0, 0.1) is 0 Å². The molecular weight excluding hydrogens is 501 g/mol. The molecule has 0 amide bonds. The normalized spacial score (nSPS) is 15.8. The monoisotopic (exact) mass is 517 g/mol. The Balaban J connectivity index is 1.57. The number of hydrogen-bond donors (Lipinski definition) is 1. The van der Waals surface area contributed by atoms with Gasteiger partial charge in [-0.25, -0.2) is 18.4 Å². The molecule has 5 rings (SSSR count). The molecule has 1 unspecified atom stereocenters. The lowest BCUT2D eigenvalue weighted by Gasteiger charge is -2.26. The predicted octanol–water partition coefficient (Wildman–Crippen LogP) is 6.35. The number of anilines is 1. The van der Waals surface area contributed by atoms with Crippen LogP contribution in [0.4, 0.5) is 5.82 Å². The molecule has 1 N–H and O–H groups in total. The minimum Gasteiger partial charge on any atom is -0.467 e.